The van der Waals surface area contributed by atoms with Crippen LogP contribution in [0.4, 0.5) is 17.3 Å². The molecule has 2 heterocycles. The van der Waals surface area contributed by atoms with Crippen LogP contribution in [0, 0.1) is 10.1 Å². The fraction of sp³-hybridized carbons (Fsp3) is 0.250. The van der Waals surface area contributed by atoms with Gasteiger partial charge in [-0.25, -0.2) is 4.98 Å². The summed E-state index contributed by atoms with van der Waals surface area (Å²) in [5.41, 5.74) is 0.000597. The van der Waals surface area contributed by atoms with Gasteiger partial charge >= 0.3 is 0 Å². The molecule has 0 saturated carbocycles. The van der Waals surface area contributed by atoms with Crippen molar-refractivity contribution < 1.29 is 9.34 Å². The van der Waals surface area contributed by atoms with E-state index in [0.717, 1.165) is 5.76 Å². The van der Waals surface area contributed by atoms with Crippen LogP contribution in [0.3, 0.4) is 0 Å². The lowest BCUT2D eigenvalue weighted by molar-refractivity contribution is -0.384. The molecular weight excluding hydrogens is 248 g/mol. The van der Waals surface area contributed by atoms with Gasteiger partial charge in [0.15, 0.2) is 0 Å². The van der Waals surface area contributed by atoms with Gasteiger partial charge in [-0.2, -0.15) is 0 Å². The molecule has 0 amide bonds. The number of rotatable bonds is 5. The van der Waals surface area contributed by atoms with Crippen molar-refractivity contribution in [2.75, 3.05) is 24.3 Å². The summed E-state index contributed by atoms with van der Waals surface area (Å²) in [5.74, 6) is 1.73. The highest BCUT2D eigenvalue weighted by Crippen LogP contribution is 2.23. The van der Waals surface area contributed by atoms with Crippen molar-refractivity contribution in [2.24, 2.45) is 0 Å². The third kappa shape index (κ3) is 3.01. The summed E-state index contributed by atoms with van der Waals surface area (Å²) in [6.07, 6.45) is 1.59. The van der Waals surface area contributed by atoms with Gasteiger partial charge in [-0.05, 0) is 12.1 Å². The van der Waals surface area contributed by atoms with E-state index in [2.05, 4.69) is 10.3 Å². The predicted molar refractivity (Wildman–Crippen MR) is 71.3 cm³/mol. The van der Waals surface area contributed by atoms with Crippen LogP contribution in [0.1, 0.15) is 5.76 Å². The van der Waals surface area contributed by atoms with Crippen molar-refractivity contribution in [3.05, 3.63) is 46.4 Å². The second kappa shape index (κ2) is 5.38. The zero-order valence-corrected chi connectivity index (χ0v) is 10.7. The molecule has 0 aromatic carbocycles. The predicted octanol–water partition coefficient (Wildman–Crippen LogP) is 2.26. The Morgan fingerprint density at radius 2 is 2.32 bits per heavy atom. The minimum absolute atomic E-state index is 0.000597. The molecule has 0 bridgehead atoms. The van der Waals surface area contributed by atoms with E-state index in [1.165, 1.54) is 12.1 Å². The van der Waals surface area contributed by atoms with Crippen molar-refractivity contribution in [2.45, 2.75) is 6.54 Å². The van der Waals surface area contributed by atoms with Gasteiger partial charge in [0.2, 0.25) is 0 Å². The molecule has 0 radical (unpaired) electrons. The lowest BCUT2D eigenvalue weighted by atomic mass is 10.3. The number of anilines is 2. The molecule has 0 aliphatic heterocycles. The molecule has 7 heteroatoms. The monoisotopic (exact) mass is 262 g/mol. The van der Waals surface area contributed by atoms with Gasteiger partial charge in [-0.1, -0.05) is 0 Å². The summed E-state index contributed by atoms with van der Waals surface area (Å²) in [4.78, 5) is 16.5. The summed E-state index contributed by atoms with van der Waals surface area (Å²) in [7, 11) is 3.47. The second-order valence-corrected chi connectivity index (χ2v) is 4.01. The van der Waals surface area contributed by atoms with Gasteiger partial charge in [0.25, 0.3) is 5.69 Å². The van der Waals surface area contributed by atoms with Gasteiger partial charge in [0.1, 0.15) is 17.4 Å². The summed E-state index contributed by atoms with van der Waals surface area (Å²) < 4.78 is 5.24. The molecule has 7 nitrogen and oxygen atoms in total. The summed E-state index contributed by atoms with van der Waals surface area (Å²) in [6, 6.07) is 6.46. The van der Waals surface area contributed by atoms with Crippen molar-refractivity contribution in [1.29, 1.82) is 0 Å². The molecule has 2 rings (SSSR count). The Kier molecular flexibility index (Phi) is 3.65. The third-order valence-corrected chi connectivity index (χ3v) is 2.63. The van der Waals surface area contributed by atoms with E-state index in [-0.39, 0.29) is 5.69 Å². The highest BCUT2D eigenvalue weighted by Gasteiger charge is 2.14. The number of furan rings is 1. The first-order valence-corrected chi connectivity index (χ1v) is 5.68. The summed E-state index contributed by atoms with van der Waals surface area (Å²) >= 11 is 0. The molecule has 2 aromatic heterocycles. The average Bonchev–Trinajstić information content (AvgIpc) is 2.90. The molecular formula is C12H14N4O3. The first-order valence-electron chi connectivity index (χ1n) is 5.68. The second-order valence-electron chi connectivity index (χ2n) is 4.01. The SMILES string of the molecule is CNc1cc([N+](=O)[O-])cc(N(C)Cc2ccco2)n1. The number of nitrogens with zero attached hydrogens (tertiary/aromatic N) is 3. The van der Waals surface area contributed by atoms with E-state index in [1.807, 2.05) is 6.07 Å². The minimum Gasteiger partial charge on any atom is -0.467 e. The van der Waals surface area contributed by atoms with Crippen LogP contribution in [0.5, 0.6) is 0 Å². The van der Waals surface area contributed by atoms with Crippen molar-refractivity contribution in [3.8, 4) is 0 Å². The maximum absolute atomic E-state index is 10.9. The minimum atomic E-state index is -0.438. The van der Waals surface area contributed by atoms with E-state index in [0.29, 0.717) is 18.2 Å². The van der Waals surface area contributed by atoms with Crippen molar-refractivity contribution in [3.63, 3.8) is 0 Å². The molecule has 0 saturated heterocycles. The number of aromatic nitrogens is 1. The Bertz CT molecular complexity index is 568. The Morgan fingerprint density at radius 1 is 1.53 bits per heavy atom. The van der Waals surface area contributed by atoms with Crippen molar-refractivity contribution in [1.82, 2.24) is 4.98 Å². The standard InChI is InChI=1S/C12H14N4O3/c1-13-11-6-9(16(17)18)7-12(14-11)15(2)8-10-4-3-5-19-10/h3-7H,8H2,1-2H3,(H,13,14). The Morgan fingerprint density at radius 3 is 2.89 bits per heavy atom. The molecule has 19 heavy (non-hydrogen) atoms. The van der Waals surface area contributed by atoms with Crippen LogP contribution in [-0.4, -0.2) is 24.0 Å². The average molecular weight is 262 g/mol. The Labute approximate surface area is 110 Å². The molecule has 1 N–H and O–H groups in total. The Hall–Kier alpha value is -2.57. The van der Waals surface area contributed by atoms with Crippen LogP contribution < -0.4 is 10.2 Å². The van der Waals surface area contributed by atoms with Crippen LogP contribution in [0.25, 0.3) is 0 Å². The molecule has 0 spiro atoms. The smallest absolute Gasteiger partial charge is 0.276 e. The quantitative estimate of drug-likeness (QED) is 0.657. The normalized spacial score (nSPS) is 10.2. The van der Waals surface area contributed by atoms with Gasteiger partial charge in [0, 0.05) is 14.1 Å². The van der Waals surface area contributed by atoms with E-state index in [1.54, 1.807) is 31.3 Å². The van der Waals surface area contributed by atoms with Gasteiger partial charge in [0.05, 0.1) is 29.9 Å². The molecule has 0 fully saturated rings. The van der Waals surface area contributed by atoms with Crippen LogP contribution in [0.2, 0.25) is 0 Å². The van der Waals surface area contributed by atoms with Crippen molar-refractivity contribution >= 4 is 17.3 Å². The van der Waals surface area contributed by atoms with Gasteiger partial charge < -0.3 is 14.6 Å². The van der Waals surface area contributed by atoms with E-state index >= 15 is 0 Å². The number of pyridine rings is 1. The zero-order valence-electron chi connectivity index (χ0n) is 10.7. The topological polar surface area (TPSA) is 84.4 Å². The molecule has 0 unspecified atom stereocenters. The lowest BCUT2D eigenvalue weighted by Crippen LogP contribution is -2.18. The lowest BCUT2D eigenvalue weighted by Gasteiger charge is -2.17. The Balaban J connectivity index is 2.27. The first-order chi connectivity index (χ1) is 9.10. The van der Waals surface area contributed by atoms with Crippen LogP contribution >= 0.6 is 0 Å². The number of hydrogen-bond acceptors (Lipinski definition) is 6. The number of nitro groups is 1. The number of hydrogen-bond donors (Lipinski definition) is 1. The maximum atomic E-state index is 10.9. The van der Waals surface area contributed by atoms with E-state index < -0.39 is 4.92 Å². The molecule has 0 aliphatic carbocycles. The zero-order chi connectivity index (χ0) is 13.8. The van der Waals surface area contributed by atoms with Crippen LogP contribution in [0.15, 0.2) is 34.9 Å². The van der Waals surface area contributed by atoms with Gasteiger partial charge in [-0.3, -0.25) is 10.1 Å². The molecule has 0 aliphatic rings. The highest BCUT2D eigenvalue weighted by atomic mass is 16.6. The fourth-order valence-electron chi connectivity index (χ4n) is 1.65. The first kappa shape index (κ1) is 12.9. The largest absolute Gasteiger partial charge is 0.467 e. The van der Waals surface area contributed by atoms with Crippen LogP contribution in [-0.2, 0) is 6.54 Å². The van der Waals surface area contributed by atoms with E-state index in [4.69, 9.17) is 4.42 Å². The van der Waals surface area contributed by atoms with Gasteiger partial charge in [-0.15, -0.1) is 0 Å². The fourth-order valence-corrected chi connectivity index (χ4v) is 1.65. The summed E-state index contributed by atoms with van der Waals surface area (Å²) in [5, 5.41) is 13.7. The third-order valence-electron chi connectivity index (χ3n) is 2.63. The molecule has 100 valence electrons. The van der Waals surface area contributed by atoms with E-state index in [9.17, 15) is 10.1 Å². The summed E-state index contributed by atoms with van der Waals surface area (Å²) in [6.45, 7) is 0.490. The maximum Gasteiger partial charge on any atom is 0.276 e. The molecule has 2 aromatic rings. The molecule has 0 atom stereocenters. The number of nitrogens with one attached hydrogen (secondary N) is 1. The highest BCUT2D eigenvalue weighted by molar-refractivity contribution is 5.55.